The van der Waals surface area contributed by atoms with Crippen LogP contribution in [0.25, 0.3) is 11.1 Å². The molecule has 0 saturated heterocycles. The normalized spacial score (nSPS) is 11.4. The number of carbonyl (C=O) groups is 3. The Morgan fingerprint density at radius 1 is 0.895 bits per heavy atom. The molecule has 3 aromatic carbocycles. The molecule has 3 N–H and O–H groups in total. The Morgan fingerprint density at radius 3 is 1.89 bits per heavy atom. The minimum Gasteiger partial charge on any atom is -0.496 e. The van der Waals surface area contributed by atoms with Crippen molar-refractivity contribution in [3.8, 4) is 22.6 Å². The van der Waals surface area contributed by atoms with Gasteiger partial charge in [-0.3, -0.25) is 4.79 Å². The van der Waals surface area contributed by atoms with E-state index in [1.54, 1.807) is 24.3 Å². The molecule has 0 fully saturated rings. The molecule has 0 saturated carbocycles. The number of hydrogen-bond donors (Lipinski definition) is 3. The van der Waals surface area contributed by atoms with Crippen molar-refractivity contribution in [2.75, 3.05) is 21.3 Å². The molecule has 0 unspecified atom stereocenters. The maximum Gasteiger partial charge on any atom is 0.335 e. The van der Waals surface area contributed by atoms with Gasteiger partial charge in [0.05, 0.1) is 54.7 Å². The average molecular weight is 562 g/mol. The molecule has 1 amide bonds. The number of hydrogen-bond acceptors (Lipinski definition) is 7. The summed E-state index contributed by atoms with van der Waals surface area (Å²) < 4.78 is 15.9. The van der Waals surface area contributed by atoms with Gasteiger partial charge in [0.2, 0.25) is 0 Å². The predicted octanol–water partition coefficient (Wildman–Crippen LogP) is 4.38. The number of rotatable bonds is 10. The largest absolute Gasteiger partial charge is 0.496 e. The van der Waals surface area contributed by atoms with Gasteiger partial charge >= 0.3 is 11.9 Å². The fourth-order valence-electron chi connectivity index (χ4n) is 3.86. The summed E-state index contributed by atoms with van der Waals surface area (Å²) in [6.45, 7) is -0.174. The Kier molecular flexibility index (Phi) is 9.57. The van der Waals surface area contributed by atoms with Crippen molar-refractivity contribution < 1.29 is 38.8 Å². The van der Waals surface area contributed by atoms with Gasteiger partial charge in [-0.05, 0) is 41.0 Å². The Morgan fingerprint density at radius 2 is 1.45 bits per heavy atom. The molecular weight excluding hydrogens is 537 g/mol. The Balaban J connectivity index is 1.87. The second kappa shape index (κ2) is 12.6. The van der Waals surface area contributed by atoms with E-state index < -0.39 is 23.9 Å². The number of aromatic carboxylic acids is 1. The first kappa shape index (κ1) is 28.8. The molecule has 38 heavy (non-hydrogen) atoms. The Hall–Kier alpha value is -3.79. The molecule has 3 aromatic rings. The summed E-state index contributed by atoms with van der Waals surface area (Å²) in [5, 5.41) is 20.9. The number of ether oxygens (including phenoxy) is 3. The van der Waals surface area contributed by atoms with E-state index in [1.807, 2.05) is 12.1 Å². The highest BCUT2D eigenvalue weighted by Gasteiger charge is 2.26. The van der Waals surface area contributed by atoms with Crippen molar-refractivity contribution in [3.63, 3.8) is 0 Å². The highest BCUT2D eigenvalue weighted by atomic mass is 35.5. The van der Waals surface area contributed by atoms with Crippen LogP contribution in [0.2, 0.25) is 10.0 Å². The number of halogens is 2. The van der Waals surface area contributed by atoms with Crippen LogP contribution < -0.4 is 14.8 Å². The van der Waals surface area contributed by atoms with E-state index in [1.165, 1.54) is 21.3 Å². The van der Waals surface area contributed by atoms with E-state index in [0.717, 1.165) is 17.7 Å². The van der Waals surface area contributed by atoms with Gasteiger partial charge in [-0.2, -0.15) is 0 Å². The third kappa shape index (κ3) is 6.36. The minimum atomic E-state index is -1.25. The van der Waals surface area contributed by atoms with Crippen LogP contribution >= 0.6 is 23.2 Å². The van der Waals surface area contributed by atoms with Crippen LogP contribution in [0.1, 0.15) is 31.8 Å². The van der Waals surface area contributed by atoms with Gasteiger partial charge in [-0.1, -0.05) is 47.5 Å². The summed E-state index contributed by atoms with van der Waals surface area (Å²) in [6.07, 6.45) is 0.0822. The molecule has 11 heteroatoms. The van der Waals surface area contributed by atoms with E-state index in [4.69, 9.17) is 42.5 Å². The zero-order valence-corrected chi connectivity index (χ0v) is 22.2. The molecule has 9 nitrogen and oxygen atoms in total. The highest BCUT2D eigenvalue weighted by molar-refractivity contribution is 6.40. The first-order valence-electron chi connectivity index (χ1n) is 11.2. The van der Waals surface area contributed by atoms with Crippen LogP contribution in [-0.4, -0.2) is 55.4 Å². The van der Waals surface area contributed by atoms with E-state index in [2.05, 4.69) is 5.32 Å². The molecule has 0 aliphatic heterocycles. The van der Waals surface area contributed by atoms with Crippen molar-refractivity contribution in [2.24, 2.45) is 0 Å². The van der Waals surface area contributed by atoms with Crippen molar-refractivity contribution in [1.29, 1.82) is 0 Å². The lowest BCUT2D eigenvalue weighted by Gasteiger charge is -2.18. The number of amides is 1. The average Bonchev–Trinajstić information content (AvgIpc) is 2.91. The molecule has 0 bridgehead atoms. The summed E-state index contributed by atoms with van der Waals surface area (Å²) in [5.41, 5.74) is 2.45. The maximum absolute atomic E-state index is 12.9. The fraction of sp³-hybridized carbons (Fsp3) is 0.222. The zero-order chi connectivity index (χ0) is 28.0. The van der Waals surface area contributed by atoms with E-state index in [-0.39, 0.29) is 34.2 Å². The summed E-state index contributed by atoms with van der Waals surface area (Å²) in [4.78, 5) is 36.6. The third-order valence-electron chi connectivity index (χ3n) is 5.74. The first-order valence-corrected chi connectivity index (χ1v) is 11.9. The Bertz CT molecular complexity index is 1310. The summed E-state index contributed by atoms with van der Waals surface area (Å²) in [5.74, 6) is -1.68. The minimum absolute atomic E-state index is 0.0822. The monoisotopic (exact) mass is 561 g/mol. The van der Waals surface area contributed by atoms with Gasteiger partial charge in [-0.15, -0.1) is 0 Å². The second-order valence-corrected chi connectivity index (χ2v) is 8.92. The number of benzene rings is 3. The van der Waals surface area contributed by atoms with Gasteiger partial charge in [0.15, 0.2) is 0 Å². The molecule has 0 aliphatic carbocycles. The lowest BCUT2D eigenvalue weighted by atomic mass is 9.98. The quantitative estimate of drug-likeness (QED) is 0.311. The molecule has 0 heterocycles. The lowest BCUT2D eigenvalue weighted by Crippen LogP contribution is -2.43. The molecule has 3 rings (SSSR count). The van der Waals surface area contributed by atoms with E-state index in [9.17, 15) is 19.5 Å². The number of methoxy groups -OCH3 is 3. The number of carboxylic acid groups (broad SMARTS) is 1. The van der Waals surface area contributed by atoms with Crippen molar-refractivity contribution in [1.82, 2.24) is 5.32 Å². The van der Waals surface area contributed by atoms with Gasteiger partial charge in [0.25, 0.3) is 5.91 Å². The van der Waals surface area contributed by atoms with Crippen molar-refractivity contribution >= 4 is 41.0 Å². The predicted molar refractivity (Wildman–Crippen MR) is 141 cm³/mol. The molecular formula is C27H25Cl2NO8. The highest BCUT2D eigenvalue weighted by Crippen LogP contribution is 2.39. The number of carbonyl (C=O) groups excluding carboxylic acids is 2. The third-order valence-corrected chi connectivity index (χ3v) is 6.33. The molecule has 0 aromatic heterocycles. The molecule has 0 radical (unpaired) electrons. The molecule has 0 aliphatic rings. The summed E-state index contributed by atoms with van der Waals surface area (Å²) in [6, 6.07) is 11.7. The van der Waals surface area contributed by atoms with Crippen LogP contribution in [0.4, 0.5) is 0 Å². The van der Waals surface area contributed by atoms with Gasteiger partial charge in [-0.25, -0.2) is 9.59 Å². The second-order valence-electron chi connectivity index (χ2n) is 8.10. The van der Waals surface area contributed by atoms with Crippen LogP contribution in [-0.2, 0) is 22.6 Å². The summed E-state index contributed by atoms with van der Waals surface area (Å²) >= 11 is 12.2. The maximum atomic E-state index is 12.9. The number of carboxylic acids is 1. The molecule has 1 atom stereocenters. The van der Waals surface area contributed by atoms with Crippen molar-refractivity contribution in [2.45, 2.75) is 19.1 Å². The molecule has 0 spiro atoms. The Labute approximate surface area is 228 Å². The van der Waals surface area contributed by atoms with Crippen LogP contribution in [0.5, 0.6) is 11.5 Å². The number of nitrogens with one attached hydrogen (secondary N) is 1. The number of aliphatic hydroxyl groups excluding tert-OH is 1. The van der Waals surface area contributed by atoms with Crippen molar-refractivity contribution in [3.05, 3.63) is 80.8 Å². The zero-order valence-electron chi connectivity index (χ0n) is 20.7. The smallest absolute Gasteiger partial charge is 0.335 e. The van der Waals surface area contributed by atoms with E-state index >= 15 is 0 Å². The number of aliphatic hydroxyl groups is 1. The van der Waals surface area contributed by atoms with Crippen LogP contribution in [0.15, 0.2) is 48.5 Å². The van der Waals surface area contributed by atoms with Crippen LogP contribution in [0.3, 0.4) is 0 Å². The summed E-state index contributed by atoms with van der Waals surface area (Å²) in [7, 11) is 4.23. The number of esters is 1. The van der Waals surface area contributed by atoms with E-state index in [0.29, 0.717) is 28.2 Å². The van der Waals surface area contributed by atoms with Gasteiger partial charge in [0.1, 0.15) is 17.5 Å². The van der Waals surface area contributed by atoms with Gasteiger partial charge in [0, 0.05) is 6.42 Å². The van der Waals surface area contributed by atoms with Crippen LogP contribution in [0, 0.1) is 0 Å². The first-order chi connectivity index (χ1) is 18.1. The SMILES string of the molecule is COC(=O)[C@H](Cc1ccc(-c2c(OC)cc(CO)cc2OC)cc1)NC(=O)c1c(Cl)cc(C(=O)O)cc1Cl. The van der Waals surface area contributed by atoms with Gasteiger partial charge < -0.3 is 29.7 Å². The molecule has 200 valence electrons. The topological polar surface area (TPSA) is 131 Å². The standard InChI is InChI=1S/C27H25Cl2NO8/c1-36-21-9-15(13-31)10-22(37-2)23(21)16-6-4-14(5-7-16)8-20(27(35)38-3)30-25(32)24-18(28)11-17(26(33)34)12-19(24)29/h4-7,9-12,20,31H,8,13H2,1-3H3,(H,30,32)(H,33,34)/t20-/m0/s1. The fourth-order valence-corrected chi connectivity index (χ4v) is 4.52. The lowest BCUT2D eigenvalue weighted by molar-refractivity contribution is -0.142.